The van der Waals surface area contributed by atoms with Crippen molar-refractivity contribution in [1.29, 1.82) is 5.26 Å². The predicted molar refractivity (Wildman–Crippen MR) is 67.5 cm³/mol. The third kappa shape index (κ3) is 3.43. The highest BCUT2D eigenvalue weighted by Gasteiger charge is 2.32. The molecule has 3 nitrogen and oxygen atoms in total. The van der Waals surface area contributed by atoms with E-state index in [4.69, 9.17) is 4.74 Å². The molecule has 1 heterocycles. The summed E-state index contributed by atoms with van der Waals surface area (Å²) in [6, 6.07) is 3.41. The van der Waals surface area contributed by atoms with Gasteiger partial charge in [-0.2, -0.15) is 5.26 Å². The number of nitrogens with one attached hydrogen (secondary N) is 1. The maximum Gasteiger partial charge on any atom is 0.0672 e. The Morgan fingerprint density at radius 1 is 1.24 bits per heavy atom. The van der Waals surface area contributed by atoms with Gasteiger partial charge in [0.15, 0.2) is 0 Å². The van der Waals surface area contributed by atoms with E-state index in [0.29, 0.717) is 12.1 Å². The summed E-state index contributed by atoms with van der Waals surface area (Å²) < 4.78 is 5.73. The minimum atomic E-state index is -0.00722. The van der Waals surface area contributed by atoms with Crippen molar-refractivity contribution in [3.63, 3.8) is 0 Å². The van der Waals surface area contributed by atoms with Crippen LogP contribution in [0.25, 0.3) is 0 Å². The summed E-state index contributed by atoms with van der Waals surface area (Å²) in [6.45, 7) is 5.15. The average molecular weight is 236 g/mol. The number of hydrogen-bond donors (Lipinski definition) is 1. The van der Waals surface area contributed by atoms with Gasteiger partial charge in [0.05, 0.1) is 17.6 Å². The summed E-state index contributed by atoms with van der Waals surface area (Å²) in [5.41, 5.74) is -0.00722. The first kappa shape index (κ1) is 12.9. The molecule has 0 aromatic heterocycles. The second kappa shape index (κ2) is 5.37. The molecule has 3 unspecified atom stereocenters. The second-order valence-corrected chi connectivity index (χ2v) is 6.09. The van der Waals surface area contributed by atoms with Gasteiger partial charge in [-0.05, 0) is 39.5 Å². The number of ether oxygens (including phenoxy) is 1. The van der Waals surface area contributed by atoms with Gasteiger partial charge >= 0.3 is 0 Å². The lowest BCUT2D eigenvalue weighted by Gasteiger charge is -2.39. The van der Waals surface area contributed by atoms with Crippen LogP contribution < -0.4 is 5.32 Å². The van der Waals surface area contributed by atoms with Crippen molar-refractivity contribution in [2.75, 3.05) is 6.61 Å². The van der Waals surface area contributed by atoms with Crippen LogP contribution in [0.2, 0.25) is 0 Å². The molecule has 17 heavy (non-hydrogen) atoms. The van der Waals surface area contributed by atoms with Gasteiger partial charge in [0.2, 0.25) is 0 Å². The second-order valence-electron chi connectivity index (χ2n) is 6.09. The molecule has 0 radical (unpaired) electrons. The molecule has 2 fully saturated rings. The molecular formula is C14H24N2O. The van der Waals surface area contributed by atoms with Gasteiger partial charge in [0.25, 0.3) is 0 Å². The van der Waals surface area contributed by atoms with Crippen molar-refractivity contribution in [3.8, 4) is 6.07 Å². The molecule has 0 bridgehead atoms. The molecule has 0 aromatic carbocycles. The Labute approximate surface area is 105 Å². The zero-order valence-electron chi connectivity index (χ0n) is 11.0. The number of nitriles is 1. The van der Waals surface area contributed by atoms with E-state index in [0.717, 1.165) is 32.3 Å². The summed E-state index contributed by atoms with van der Waals surface area (Å²) in [7, 11) is 0. The van der Waals surface area contributed by atoms with Gasteiger partial charge in [0, 0.05) is 18.7 Å². The van der Waals surface area contributed by atoms with Crippen LogP contribution in [0.15, 0.2) is 0 Å². The van der Waals surface area contributed by atoms with Crippen LogP contribution >= 0.6 is 0 Å². The summed E-state index contributed by atoms with van der Waals surface area (Å²) in [6.07, 6.45) is 6.86. The van der Waals surface area contributed by atoms with E-state index in [1.54, 1.807) is 0 Å². The Hall–Kier alpha value is -0.590. The fourth-order valence-electron chi connectivity index (χ4n) is 3.16. The van der Waals surface area contributed by atoms with Gasteiger partial charge in [-0.15, -0.1) is 0 Å². The van der Waals surface area contributed by atoms with E-state index in [1.807, 2.05) is 0 Å². The van der Waals surface area contributed by atoms with Crippen molar-refractivity contribution >= 4 is 0 Å². The quantitative estimate of drug-likeness (QED) is 0.801. The molecule has 0 amide bonds. The van der Waals surface area contributed by atoms with E-state index in [2.05, 4.69) is 25.2 Å². The summed E-state index contributed by atoms with van der Waals surface area (Å²) in [5, 5.41) is 12.9. The standard InChI is InChI=1S/C14H24N2O/c1-14(2)9-12(7-8-17-14)16-13-6-4-3-5-11(13)10-15/h11-13,16H,3-9H2,1-2H3. The normalized spacial score (nSPS) is 37.4. The Balaban J connectivity index is 1.89. The van der Waals surface area contributed by atoms with E-state index in [9.17, 15) is 5.26 Å². The van der Waals surface area contributed by atoms with Gasteiger partial charge in [0.1, 0.15) is 0 Å². The van der Waals surface area contributed by atoms with Gasteiger partial charge in [-0.1, -0.05) is 12.8 Å². The summed E-state index contributed by atoms with van der Waals surface area (Å²) in [5.74, 6) is 0.217. The Bertz CT molecular complexity index is 295. The van der Waals surface area contributed by atoms with Crippen molar-refractivity contribution in [2.24, 2.45) is 5.92 Å². The molecule has 0 spiro atoms. The van der Waals surface area contributed by atoms with Crippen LogP contribution in [0.3, 0.4) is 0 Å². The van der Waals surface area contributed by atoms with E-state index in [-0.39, 0.29) is 11.5 Å². The molecule has 3 atom stereocenters. The fraction of sp³-hybridized carbons (Fsp3) is 0.929. The first-order valence-electron chi connectivity index (χ1n) is 6.90. The number of nitrogens with zero attached hydrogens (tertiary/aromatic N) is 1. The monoisotopic (exact) mass is 236 g/mol. The molecule has 1 N–H and O–H groups in total. The Morgan fingerprint density at radius 3 is 2.71 bits per heavy atom. The maximum absolute atomic E-state index is 9.18. The molecule has 1 aliphatic heterocycles. The van der Waals surface area contributed by atoms with Crippen LogP contribution in [-0.2, 0) is 4.74 Å². The van der Waals surface area contributed by atoms with E-state index < -0.39 is 0 Å². The van der Waals surface area contributed by atoms with Crippen LogP contribution in [0.4, 0.5) is 0 Å². The minimum Gasteiger partial charge on any atom is -0.375 e. The molecule has 2 rings (SSSR count). The first-order valence-corrected chi connectivity index (χ1v) is 6.90. The molecule has 96 valence electrons. The molecule has 2 aliphatic rings. The number of rotatable bonds is 2. The Kier molecular flexibility index (Phi) is 4.06. The zero-order valence-corrected chi connectivity index (χ0v) is 11.0. The van der Waals surface area contributed by atoms with Gasteiger partial charge in [-0.25, -0.2) is 0 Å². The molecular weight excluding hydrogens is 212 g/mol. The van der Waals surface area contributed by atoms with Gasteiger partial charge < -0.3 is 10.1 Å². The van der Waals surface area contributed by atoms with Crippen molar-refractivity contribution in [3.05, 3.63) is 0 Å². The minimum absolute atomic E-state index is 0.00722. The van der Waals surface area contributed by atoms with E-state index >= 15 is 0 Å². The van der Waals surface area contributed by atoms with Crippen molar-refractivity contribution in [1.82, 2.24) is 5.32 Å². The lowest BCUT2D eigenvalue weighted by atomic mass is 9.84. The van der Waals surface area contributed by atoms with Crippen LogP contribution in [0, 0.1) is 17.2 Å². The van der Waals surface area contributed by atoms with E-state index in [1.165, 1.54) is 12.8 Å². The van der Waals surface area contributed by atoms with Crippen molar-refractivity contribution < 1.29 is 4.74 Å². The van der Waals surface area contributed by atoms with Crippen LogP contribution in [0.5, 0.6) is 0 Å². The average Bonchev–Trinajstić information content (AvgIpc) is 2.28. The highest BCUT2D eigenvalue weighted by Crippen LogP contribution is 2.28. The van der Waals surface area contributed by atoms with Crippen molar-refractivity contribution in [2.45, 2.75) is 70.1 Å². The van der Waals surface area contributed by atoms with Crippen LogP contribution in [0.1, 0.15) is 52.4 Å². The smallest absolute Gasteiger partial charge is 0.0672 e. The highest BCUT2D eigenvalue weighted by molar-refractivity contribution is 4.96. The van der Waals surface area contributed by atoms with Gasteiger partial charge in [-0.3, -0.25) is 0 Å². The van der Waals surface area contributed by atoms with Crippen LogP contribution in [-0.4, -0.2) is 24.3 Å². The third-order valence-electron chi connectivity index (χ3n) is 4.08. The Morgan fingerprint density at radius 2 is 2.00 bits per heavy atom. The highest BCUT2D eigenvalue weighted by atomic mass is 16.5. The zero-order chi connectivity index (χ0) is 12.3. The largest absolute Gasteiger partial charge is 0.375 e. The number of hydrogen-bond acceptors (Lipinski definition) is 3. The molecule has 1 aliphatic carbocycles. The third-order valence-corrected chi connectivity index (χ3v) is 4.08. The fourth-order valence-corrected chi connectivity index (χ4v) is 3.16. The molecule has 1 saturated carbocycles. The molecule has 3 heteroatoms. The lowest BCUT2D eigenvalue weighted by molar-refractivity contribution is -0.0651. The predicted octanol–water partition coefficient (Wildman–Crippen LogP) is 2.62. The maximum atomic E-state index is 9.18. The molecule has 1 saturated heterocycles. The SMILES string of the molecule is CC1(C)CC(NC2CCCCC2C#N)CCO1. The topological polar surface area (TPSA) is 45.0 Å². The summed E-state index contributed by atoms with van der Waals surface area (Å²) in [4.78, 5) is 0. The first-order chi connectivity index (χ1) is 8.11. The molecule has 0 aromatic rings. The lowest BCUT2D eigenvalue weighted by Crippen LogP contribution is -2.50. The summed E-state index contributed by atoms with van der Waals surface area (Å²) >= 11 is 0.